The summed E-state index contributed by atoms with van der Waals surface area (Å²) in [6.07, 6.45) is 2.89. The van der Waals surface area contributed by atoms with Gasteiger partial charge in [0.2, 0.25) is 0 Å². The number of aromatic nitrogens is 3. The first-order valence-corrected chi connectivity index (χ1v) is 9.55. The number of carbonyl (C=O) groups is 1. The average Bonchev–Trinajstić information content (AvgIpc) is 3.46. The Morgan fingerprint density at radius 1 is 1.41 bits per heavy atom. The fourth-order valence-electron chi connectivity index (χ4n) is 3.20. The number of amides is 1. The molecule has 146 valence electrons. The number of carbonyl (C=O) groups excluding carboxylic acids is 1. The molecule has 8 nitrogen and oxygen atoms in total. The van der Waals surface area contributed by atoms with Gasteiger partial charge in [-0.15, -0.1) is 0 Å². The zero-order chi connectivity index (χ0) is 19.7. The van der Waals surface area contributed by atoms with E-state index in [2.05, 4.69) is 15.3 Å². The van der Waals surface area contributed by atoms with Crippen molar-refractivity contribution in [3.8, 4) is 0 Å². The predicted octanol–water partition coefficient (Wildman–Crippen LogP) is 1.09. The molecule has 1 aliphatic carbocycles. The van der Waals surface area contributed by atoms with Crippen LogP contribution in [0.5, 0.6) is 0 Å². The molecule has 4 N–H and O–H groups in total. The van der Waals surface area contributed by atoms with Crippen molar-refractivity contribution in [2.45, 2.75) is 58.5 Å². The first-order valence-electron chi connectivity index (χ1n) is 9.55. The van der Waals surface area contributed by atoms with E-state index < -0.39 is 11.2 Å². The number of nitrogens with zero attached hydrogens (tertiary/aromatic N) is 2. The maximum Gasteiger partial charge on any atom is 0.329 e. The van der Waals surface area contributed by atoms with Gasteiger partial charge in [0.1, 0.15) is 0 Å². The van der Waals surface area contributed by atoms with Crippen LogP contribution in [0, 0.1) is 5.92 Å². The normalized spacial score (nSPS) is 15.3. The van der Waals surface area contributed by atoms with Crippen molar-refractivity contribution in [2.75, 3.05) is 6.54 Å². The summed E-state index contributed by atoms with van der Waals surface area (Å²) in [5, 5.41) is 2.98. The molecule has 3 rings (SSSR count). The molecule has 2 aromatic rings. The highest BCUT2D eigenvalue weighted by Crippen LogP contribution is 2.31. The fourth-order valence-corrected chi connectivity index (χ4v) is 3.20. The molecule has 1 fully saturated rings. The second kappa shape index (κ2) is 7.64. The molecule has 0 bridgehead atoms. The Bertz CT molecular complexity index is 972. The summed E-state index contributed by atoms with van der Waals surface area (Å²) in [4.78, 5) is 44.5. The molecule has 2 heterocycles. The van der Waals surface area contributed by atoms with Crippen molar-refractivity contribution < 1.29 is 4.79 Å². The Labute approximate surface area is 157 Å². The van der Waals surface area contributed by atoms with Crippen molar-refractivity contribution in [2.24, 2.45) is 11.7 Å². The molecule has 8 heteroatoms. The summed E-state index contributed by atoms with van der Waals surface area (Å²) in [5.74, 6) is 0.135. The summed E-state index contributed by atoms with van der Waals surface area (Å²) in [6.45, 7) is 6.61. The van der Waals surface area contributed by atoms with Crippen LogP contribution in [0.4, 0.5) is 0 Å². The van der Waals surface area contributed by atoms with Gasteiger partial charge in [-0.3, -0.25) is 19.1 Å². The topological polar surface area (TPSA) is 123 Å². The minimum Gasteiger partial charge on any atom is -0.350 e. The van der Waals surface area contributed by atoms with Crippen LogP contribution in [0.3, 0.4) is 0 Å². The number of fused-ring (bicyclic) bond motifs is 1. The van der Waals surface area contributed by atoms with Gasteiger partial charge in [-0.05, 0) is 37.2 Å². The van der Waals surface area contributed by atoms with Gasteiger partial charge in [-0.1, -0.05) is 20.8 Å². The zero-order valence-corrected chi connectivity index (χ0v) is 16.0. The maximum atomic E-state index is 12.9. The van der Waals surface area contributed by atoms with E-state index in [0.717, 1.165) is 12.8 Å². The summed E-state index contributed by atoms with van der Waals surface area (Å²) in [6, 6.07) is 1.56. The number of nitrogens with one attached hydrogen (secondary N) is 2. The minimum absolute atomic E-state index is 0.0409. The van der Waals surface area contributed by atoms with Crippen molar-refractivity contribution >= 4 is 16.9 Å². The van der Waals surface area contributed by atoms with E-state index in [-0.39, 0.29) is 34.5 Å². The summed E-state index contributed by atoms with van der Waals surface area (Å²) in [7, 11) is 0. The van der Waals surface area contributed by atoms with Gasteiger partial charge in [-0.2, -0.15) is 0 Å². The Morgan fingerprint density at radius 2 is 2.11 bits per heavy atom. The maximum absolute atomic E-state index is 12.9. The number of rotatable bonds is 7. The predicted molar refractivity (Wildman–Crippen MR) is 104 cm³/mol. The molecule has 0 aromatic carbocycles. The molecule has 0 radical (unpaired) electrons. The van der Waals surface area contributed by atoms with Crippen LogP contribution in [0.15, 0.2) is 15.7 Å². The SMILES string of the molecule is CCCn1c(=O)[nH]c(=O)c2c(C(=O)NCC(N)C3CC3)cc(C(C)C)nc21. The molecule has 0 spiro atoms. The molecular formula is C19H27N5O3. The first-order chi connectivity index (χ1) is 12.8. The Hall–Kier alpha value is -2.48. The van der Waals surface area contributed by atoms with Gasteiger partial charge in [0, 0.05) is 24.8 Å². The standard InChI is InChI=1S/C19H27N5O3/c1-4-7-24-16-15(18(26)23-19(24)27)12(8-14(22-16)10(2)3)17(25)21-9-13(20)11-5-6-11/h8,10-11,13H,4-7,9,20H2,1-3H3,(H,21,25)(H,23,26,27). The molecule has 1 amide bonds. The van der Waals surface area contributed by atoms with E-state index in [4.69, 9.17) is 5.73 Å². The summed E-state index contributed by atoms with van der Waals surface area (Å²) >= 11 is 0. The molecule has 2 aromatic heterocycles. The van der Waals surface area contributed by atoms with Gasteiger partial charge in [-0.25, -0.2) is 9.78 Å². The van der Waals surface area contributed by atoms with Crippen LogP contribution >= 0.6 is 0 Å². The van der Waals surface area contributed by atoms with Crippen LogP contribution in [-0.2, 0) is 6.54 Å². The Balaban J connectivity index is 2.11. The number of pyridine rings is 1. The lowest BCUT2D eigenvalue weighted by Gasteiger charge is -2.16. The molecule has 1 atom stereocenters. The lowest BCUT2D eigenvalue weighted by Crippen LogP contribution is -2.39. The molecule has 1 aliphatic rings. The Kier molecular flexibility index (Phi) is 5.46. The molecular weight excluding hydrogens is 346 g/mol. The molecule has 0 aliphatic heterocycles. The van der Waals surface area contributed by atoms with Crippen molar-refractivity contribution in [3.63, 3.8) is 0 Å². The van der Waals surface area contributed by atoms with Gasteiger partial charge >= 0.3 is 5.69 Å². The highest BCUT2D eigenvalue weighted by atomic mass is 16.2. The van der Waals surface area contributed by atoms with Crippen LogP contribution in [0.25, 0.3) is 11.0 Å². The second-order valence-electron chi connectivity index (χ2n) is 7.57. The van der Waals surface area contributed by atoms with Crippen molar-refractivity contribution in [3.05, 3.63) is 38.2 Å². The lowest BCUT2D eigenvalue weighted by atomic mass is 10.0. The van der Waals surface area contributed by atoms with Gasteiger partial charge < -0.3 is 11.1 Å². The third-order valence-electron chi connectivity index (χ3n) is 4.98. The zero-order valence-electron chi connectivity index (χ0n) is 16.0. The number of H-pyrrole nitrogens is 1. The van der Waals surface area contributed by atoms with Crippen LogP contribution in [0.2, 0.25) is 0 Å². The van der Waals surface area contributed by atoms with Crippen LogP contribution < -0.4 is 22.3 Å². The highest BCUT2D eigenvalue weighted by molar-refractivity contribution is 6.05. The molecule has 27 heavy (non-hydrogen) atoms. The van der Waals surface area contributed by atoms with Gasteiger partial charge in [0.25, 0.3) is 11.5 Å². The van der Waals surface area contributed by atoms with E-state index >= 15 is 0 Å². The molecule has 0 saturated heterocycles. The number of aryl methyl sites for hydroxylation is 1. The van der Waals surface area contributed by atoms with E-state index in [1.807, 2.05) is 20.8 Å². The van der Waals surface area contributed by atoms with E-state index in [1.54, 1.807) is 6.07 Å². The quantitative estimate of drug-likeness (QED) is 0.670. The molecule has 1 unspecified atom stereocenters. The smallest absolute Gasteiger partial charge is 0.329 e. The fraction of sp³-hybridized carbons (Fsp3) is 0.579. The summed E-state index contributed by atoms with van der Waals surface area (Å²) < 4.78 is 1.43. The van der Waals surface area contributed by atoms with Crippen LogP contribution in [0.1, 0.15) is 62.0 Å². The third kappa shape index (κ3) is 3.95. The van der Waals surface area contributed by atoms with E-state index in [1.165, 1.54) is 4.57 Å². The van der Waals surface area contributed by atoms with E-state index in [9.17, 15) is 14.4 Å². The first kappa shape index (κ1) is 19.3. The third-order valence-corrected chi connectivity index (χ3v) is 4.98. The van der Waals surface area contributed by atoms with Gasteiger partial charge in [0.15, 0.2) is 5.65 Å². The van der Waals surface area contributed by atoms with Crippen molar-refractivity contribution in [1.82, 2.24) is 19.9 Å². The summed E-state index contributed by atoms with van der Waals surface area (Å²) in [5.41, 5.74) is 6.12. The van der Waals surface area contributed by atoms with Crippen LogP contribution in [-0.4, -0.2) is 33.0 Å². The second-order valence-corrected chi connectivity index (χ2v) is 7.57. The number of nitrogens with two attached hydrogens (primary N) is 1. The van der Waals surface area contributed by atoms with Crippen molar-refractivity contribution in [1.29, 1.82) is 0 Å². The van der Waals surface area contributed by atoms with E-state index in [0.29, 0.717) is 31.1 Å². The Morgan fingerprint density at radius 3 is 2.70 bits per heavy atom. The number of hydrogen-bond acceptors (Lipinski definition) is 5. The monoisotopic (exact) mass is 373 g/mol. The highest BCUT2D eigenvalue weighted by Gasteiger charge is 2.29. The minimum atomic E-state index is -0.596. The molecule has 1 saturated carbocycles. The largest absolute Gasteiger partial charge is 0.350 e. The van der Waals surface area contributed by atoms with Gasteiger partial charge in [0.05, 0.1) is 10.9 Å². The number of hydrogen-bond donors (Lipinski definition) is 3. The average molecular weight is 373 g/mol. The number of aromatic amines is 1. The lowest BCUT2D eigenvalue weighted by molar-refractivity contribution is 0.0951.